The van der Waals surface area contributed by atoms with E-state index in [-0.39, 0.29) is 23.5 Å². The predicted molar refractivity (Wildman–Crippen MR) is 85.4 cm³/mol. The standard InChI is InChI=1S/C15H14N6OS/c1-11(6-7-16)23-13-5-3-2-4-12(13)19-15(22)9-21-10-18-14(8-17)20-21/h2-5,10-11H,6,9H2,1H3,(H,19,22). The van der Waals surface area contributed by atoms with Crippen LogP contribution in [0.5, 0.6) is 0 Å². The van der Waals surface area contributed by atoms with Crippen LogP contribution >= 0.6 is 11.8 Å². The largest absolute Gasteiger partial charge is 0.323 e. The van der Waals surface area contributed by atoms with Crippen LogP contribution in [-0.2, 0) is 11.3 Å². The predicted octanol–water partition coefficient (Wildman–Crippen LogP) is 2.18. The van der Waals surface area contributed by atoms with Gasteiger partial charge in [-0.3, -0.25) is 4.79 Å². The van der Waals surface area contributed by atoms with E-state index in [9.17, 15) is 4.79 Å². The molecule has 0 fully saturated rings. The van der Waals surface area contributed by atoms with Crippen LogP contribution in [0.25, 0.3) is 0 Å². The molecule has 7 nitrogen and oxygen atoms in total. The van der Waals surface area contributed by atoms with E-state index < -0.39 is 0 Å². The highest BCUT2D eigenvalue weighted by atomic mass is 32.2. The first kappa shape index (κ1) is 16.5. The molecule has 2 rings (SSSR count). The fourth-order valence-electron chi connectivity index (χ4n) is 1.82. The number of nitriles is 2. The minimum Gasteiger partial charge on any atom is -0.323 e. The van der Waals surface area contributed by atoms with Crippen molar-refractivity contribution < 1.29 is 4.79 Å². The number of carbonyl (C=O) groups is 1. The van der Waals surface area contributed by atoms with Crippen molar-refractivity contribution in [2.45, 2.75) is 30.0 Å². The fourth-order valence-corrected chi connectivity index (χ4v) is 2.81. The zero-order valence-electron chi connectivity index (χ0n) is 12.4. The third kappa shape index (κ3) is 4.83. The number of nitrogens with one attached hydrogen (secondary N) is 1. The van der Waals surface area contributed by atoms with Crippen LogP contribution in [0.15, 0.2) is 35.5 Å². The van der Waals surface area contributed by atoms with Crippen LogP contribution in [0.4, 0.5) is 5.69 Å². The zero-order chi connectivity index (χ0) is 16.7. The van der Waals surface area contributed by atoms with Crippen LogP contribution < -0.4 is 5.32 Å². The van der Waals surface area contributed by atoms with Crippen LogP contribution in [0.2, 0.25) is 0 Å². The molecule has 0 radical (unpaired) electrons. The van der Waals surface area contributed by atoms with Crippen LogP contribution in [0.3, 0.4) is 0 Å². The van der Waals surface area contributed by atoms with E-state index in [1.807, 2.05) is 31.2 Å². The summed E-state index contributed by atoms with van der Waals surface area (Å²) in [4.78, 5) is 16.7. The van der Waals surface area contributed by atoms with E-state index in [0.717, 1.165) is 4.90 Å². The number of hydrogen-bond acceptors (Lipinski definition) is 6. The normalized spacial score (nSPS) is 11.3. The molecule has 116 valence electrons. The van der Waals surface area contributed by atoms with Crippen molar-refractivity contribution in [2.24, 2.45) is 0 Å². The molecule has 0 saturated carbocycles. The molecule has 8 heteroatoms. The molecule has 1 atom stereocenters. The minimum atomic E-state index is -0.264. The third-order valence-electron chi connectivity index (χ3n) is 2.81. The smallest absolute Gasteiger partial charge is 0.252 e. The van der Waals surface area contributed by atoms with Gasteiger partial charge in [-0.2, -0.15) is 10.5 Å². The van der Waals surface area contributed by atoms with E-state index >= 15 is 0 Å². The Hall–Kier alpha value is -2.84. The first-order valence-corrected chi connectivity index (χ1v) is 7.72. The Morgan fingerprint density at radius 3 is 2.91 bits per heavy atom. The van der Waals surface area contributed by atoms with Crippen molar-refractivity contribution in [3.05, 3.63) is 36.4 Å². The maximum absolute atomic E-state index is 12.1. The average molecular weight is 326 g/mol. The van der Waals surface area contributed by atoms with E-state index in [2.05, 4.69) is 21.5 Å². The molecule has 0 saturated heterocycles. The molecule has 1 amide bonds. The summed E-state index contributed by atoms with van der Waals surface area (Å²) in [6.07, 6.45) is 1.77. The molecule has 2 aromatic rings. The molecule has 23 heavy (non-hydrogen) atoms. The van der Waals surface area contributed by atoms with Crippen LogP contribution in [-0.4, -0.2) is 25.9 Å². The van der Waals surface area contributed by atoms with Gasteiger partial charge in [-0.25, -0.2) is 9.67 Å². The molecule has 0 aliphatic carbocycles. The fraction of sp³-hybridized carbons (Fsp3) is 0.267. The number of nitrogens with zero attached hydrogens (tertiary/aromatic N) is 5. The molecule has 1 N–H and O–H groups in total. The lowest BCUT2D eigenvalue weighted by Crippen LogP contribution is -2.19. The summed E-state index contributed by atoms with van der Waals surface area (Å²) in [6.45, 7) is 1.94. The minimum absolute atomic E-state index is 0.0264. The van der Waals surface area contributed by atoms with Gasteiger partial charge in [0.05, 0.1) is 11.8 Å². The Morgan fingerprint density at radius 1 is 1.43 bits per heavy atom. The second kappa shape index (κ2) is 7.97. The quantitative estimate of drug-likeness (QED) is 0.815. The molecular weight excluding hydrogens is 312 g/mol. The van der Waals surface area contributed by atoms with E-state index in [1.165, 1.54) is 22.8 Å². The van der Waals surface area contributed by atoms with Gasteiger partial charge in [0.2, 0.25) is 5.91 Å². The van der Waals surface area contributed by atoms with Crippen LogP contribution in [0.1, 0.15) is 19.2 Å². The van der Waals surface area contributed by atoms with E-state index in [0.29, 0.717) is 12.1 Å². The summed E-state index contributed by atoms with van der Waals surface area (Å²) < 4.78 is 1.31. The average Bonchev–Trinajstić information content (AvgIpc) is 2.97. The second-order valence-electron chi connectivity index (χ2n) is 4.71. The van der Waals surface area contributed by atoms with Gasteiger partial charge in [-0.1, -0.05) is 19.1 Å². The number of amides is 1. The topological polar surface area (TPSA) is 107 Å². The first-order valence-electron chi connectivity index (χ1n) is 6.84. The lowest BCUT2D eigenvalue weighted by atomic mass is 10.3. The van der Waals surface area contributed by atoms with Crippen LogP contribution in [0, 0.1) is 22.7 Å². The number of hydrogen-bond donors (Lipinski definition) is 1. The Morgan fingerprint density at radius 2 is 2.22 bits per heavy atom. The highest BCUT2D eigenvalue weighted by molar-refractivity contribution is 8.00. The lowest BCUT2D eigenvalue weighted by molar-refractivity contribution is -0.116. The van der Waals surface area contributed by atoms with Gasteiger partial charge in [-0.15, -0.1) is 16.9 Å². The SMILES string of the molecule is CC(CC#N)Sc1ccccc1NC(=O)Cn1cnc(C#N)n1. The van der Waals surface area contributed by atoms with Gasteiger partial charge in [0, 0.05) is 16.6 Å². The molecule has 0 spiro atoms. The van der Waals surface area contributed by atoms with Crippen molar-refractivity contribution in [1.82, 2.24) is 14.8 Å². The Labute approximate surface area is 137 Å². The molecule has 1 aromatic heterocycles. The van der Waals surface area contributed by atoms with Crippen molar-refractivity contribution in [2.75, 3.05) is 5.32 Å². The number of benzene rings is 1. The molecule has 1 unspecified atom stereocenters. The molecule has 0 bridgehead atoms. The van der Waals surface area contributed by atoms with Crippen molar-refractivity contribution in [1.29, 1.82) is 10.5 Å². The number of aromatic nitrogens is 3. The summed E-state index contributed by atoms with van der Waals surface area (Å²) in [5.41, 5.74) is 0.688. The Balaban J connectivity index is 2.03. The monoisotopic (exact) mass is 326 g/mol. The highest BCUT2D eigenvalue weighted by Gasteiger charge is 2.11. The highest BCUT2D eigenvalue weighted by Crippen LogP contribution is 2.31. The summed E-state index contributed by atoms with van der Waals surface area (Å²) in [5, 5.41) is 24.2. The molecule has 1 aromatic carbocycles. The van der Waals surface area contributed by atoms with Gasteiger partial charge in [0.15, 0.2) is 0 Å². The second-order valence-corrected chi connectivity index (χ2v) is 6.19. The number of rotatable bonds is 6. The van der Waals surface area contributed by atoms with E-state index in [4.69, 9.17) is 10.5 Å². The van der Waals surface area contributed by atoms with E-state index in [1.54, 1.807) is 6.07 Å². The lowest BCUT2D eigenvalue weighted by Gasteiger charge is -2.13. The van der Waals surface area contributed by atoms with Gasteiger partial charge >= 0.3 is 0 Å². The summed E-state index contributed by atoms with van der Waals surface area (Å²) in [7, 11) is 0. The molecule has 0 aliphatic rings. The van der Waals surface area contributed by atoms with Gasteiger partial charge < -0.3 is 5.32 Å². The zero-order valence-corrected chi connectivity index (χ0v) is 13.2. The summed E-state index contributed by atoms with van der Waals surface area (Å²) in [5.74, 6) is -0.237. The summed E-state index contributed by atoms with van der Waals surface area (Å²) in [6, 6.07) is 11.4. The van der Waals surface area contributed by atoms with Gasteiger partial charge in [-0.05, 0) is 12.1 Å². The van der Waals surface area contributed by atoms with Gasteiger partial charge in [0.25, 0.3) is 5.82 Å². The third-order valence-corrected chi connectivity index (χ3v) is 3.99. The van der Waals surface area contributed by atoms with Crippen molar-refractivity contribution >= 4 is 23.4 Å². The summed E-state index contributed by atoms with van der Waals surface area (Å²) >= 11 is 1.54. The Kier molecular flexibility index (Phi) is 5.73. The Bertz CT molecular complexity index is 773. The number of thioether (sulfide) groups is 1. The number of para-hydroxylation sites is 1. The number of carbonyl (C=O) groups excluding carboxylic acids is 1. The number of anilines is 1. The van der Waals surface area contributed by atoms with Crippen molar-refractivity contribution in [3.8, 4) is 12.1 Å². The first-order chi connectivity index (χ1) is 11.1. The molecule has 0 aliphatic heterocycles. The molecule has 1 heterocycles. The van der Waals surface area contributed by atoms with Crippen molar-refractivity contribution in [3.63, 3.8) is 0 Å². The molecular formula is C15H14N6OS. The van der Waals surface area contributed by atoms with Gasteiger partial charge in [0.1, 0.15) is 18.9 Å². The maximum atomic E-state index is 12.1. The maximum Gasteiger partial charge on any atom is 0.252 e.